The van der Waals surface area contributed by atoms with Gasteiger partial charge in [-0.2, -0.15) is 0 Å². The van der Waals surface area contributed by atoms with Crippen molar-refractivity contribution in [3.8, 4) is 0 Å². The molecule has 3 aliphatic heterocycles. The summed E-state index contributed by atoms with van der Waals surface area (Å²) in [6.45, 7) is 4.51. The van der Waals surface area contributed by atoms with Crippen LogP contribution in [-0.4, -0.2) is 135 Å². The van der Waals surface area contributed by atoms with Crippen LogP contribution in [0.3, 0.4) is 0 Å². The first-order valence-corrected chi connectivity index (χ1v) is 10.5. The first-order valence-electron chi connectivity index (χ1n) is 10.5. The van der Waals surface area contributed by atoms with E-state index in [1.165, 1.54) is 21.0 Å². The third kappa shape index (κ3) is 4.95. The fourth-order valence-corrected chi connectivity index (χ4v) is 4.04. The smallest absolute Gasteiger partial charge is 0.187 e. The minimum atomic E-state index is -1.64. The summed E-state index contributed by atoms with van der Waals surface area (Å²) in [7, 11) is 1.32. The maximum atomic E-state index is 10.7. The number of aliphatic hydroxyl groups excluding tert-OH is 7. The monoisotopic (exact) mass is 470 g/mol. The lowest BCUT2D eigenvalue weighted by Gasteiger charge is -2.48. The average Bonchev–Trinajstić information content (AvgIpc) is 2.76. The lowest BCUT2D eigenvalue weighted by Crippen LogP contribution is -2.65. The van der Waals surface area contributed by atoms with E-state index in [1.54, 1.807) is 6.92 Å². The van der Waals surface area contributed by atoms with Crippen LogP contribution in [-0.2, 0) is 28.4 Å². The van der Waals surface area contributed by atoms with Crippen molar-refractivity contribution in [1.82, 2.24) is 0 Å². The Labute approximate surface area is 185 Å². The zero-order valence-electron chi connectivity index (χ0n) is 18.2. The minimum absolute atomic E-state index is 0.804. The van der Waals surface area contributed by atoms with Crippen LogP contribution in [0, 0.1) is 0 Å². The van der Waals surface area contributed by atoms with Gasteiger partial charge in [-0.25, -0.2) is 0 Å². The lowest BCUT2D eigenvalue weighted by atomic mass is 9.96. The van der Waals surface area contributed by atoms with Crippen LogP contribution in [0.4, 0.5) is 0 Å². The summed E-state index contributed by atoms with van der Waals surface area (Å²) in [5.74, 6) is 0. The molecule has 0 spiro atoms. The van der Waals surface area contributed by atoms with Gasteiger partial charge in [0, 0.05) is 7.11 Å². The molecule has 0 aromatic carbocycles. The van der Waals surface area contributed by atoms with E-state index < -0.39 is 92.1 Å². The fourth-order valence-electron chi connectivity index (χ4n) is 4.04. The zero-order valence-corrected chi connectivity index (χ0v) is 18.2. The Kier molecular flexibility index (Phi) is 8.48. The molecule has 0 aliphatic carbocycles. The summed E-state index contributed by atoms with van der Waals surface area (Å²) in [4.78, 5) is 0. The highest BCUT2D eigenvalue weighted by molar-refractivity contribution is 4.95. The van der Waals surface area contributed by atoms with Gasteiger partial charge in [-0.1, -0.05) is 0 Å². The first kappa shape index (κ1) is 26.1. The topological polar surface area (TPSA) is 197 Å². The van der Waals surface area contributed by atoms with E-state index >= 15 is 0 Å². The largest absolute Gasteiger partial charge is 0.388 e. The lowest BCUT2D eigenvalue weighted by molar-refractivity contribution is -0.385. The Balaban J connectivity index is 1.82. The zero-order chi connectivity index (χ0) is 23.9. The van der Waals surface area contributed by atoms with E-state index in [0.29, 0.717) is 0 Å². The summed E-state index contributed by atoms with van der Waals surface area (Å²) >= 11 is 0. The molecule has 0 aromatic heterocycles. The molecule has 3 aliphatic rings. The fraction of sp³-hybridized carbons (Fsp3) is 1.00. The maximum absolute atomic E-state index is 10.7. The predicted molar refractivity (Wildman–Crippen MR) is 102 cm³/mol. The molecule has 7 N–H and O–H groups in total. The highest BCUT2D eigenvalue weighted by Crippen LogP contribution is 2.33. The summed E-state index contributed by atoms with van der Waals surface area (Å²) < 4.78 is 33.4. The van der Waals surface area contributed by atoms with Crippen LogP contribution in [0.15, 0.2) is 0 Å². The van der Waals surface area contributed by atoms with Gasteiger partial charge >= 0.3 is 0 Å². The van der Waals surface area contributed by atoms with Gasteiger partial charge in [-0.3, -0.25) is 0 Å². The van der Waals surface area contributed by atoms with E-state index in [4.69, 9.17) is 28.4 Å². The number of aliphatic hydroxyl groups is 7. The Morgan fingerprint density at radius 2 is 0.844 bits per heavy atom. The Morgan fingerprint density at radius 1 is 0.469 bits per heavy atom. The van der Waals surface area contributed by atoms with E-state index in [2.05, 4.69) is 0 Å². The minimum Gasteiger partial charge on any atom is -0.388 e. The van der Waals surface area contributed by atoms with Gasteiger partial charge < -0.3 is 64.2 Å². The van der Waals surface area contributed by atoms with Gasteiger partial charge in [0.1, 0.15) is 54.9 Å². The van der Waals surface area contributed by atoms with Crippen LogP contribution in [0.25, 0.3) is 0 Å². The molecule has 0 radical (unpaired) electrons. The highest BCUT2D eigenvalue weighted by atomic mass is 16.8. The predicted octanol–water partition coefficient (Wildman–Crippen LogP) is -3.84. The molecule has 3 fully saturated rings. The second kappa shape index (κ2) is 10.4. The Bertz CT molecular complexity index is 574. The van der Waals surface area contributed by atoms with Crippen molar-refractivity contribution in [3.05, 3.63) is 0 Å². The number of hydrogen-bond acceptors (Lipinski definition) is 13. The van der Waals surface area contributed by atoms with Crippen molar-refractivity contribution >= 4 is 0 Å². The molecule has 0 amide bonds. The highest BCUT2D eigenvalue weighted by Gasteiger charge is 2.53. The van der Waals surface area contributed by atoms with Gasteiger partial charge in [0.25, 0.3) is 0 Å². The third-order valence-corrected chi connectivity index (χ3v) is 6.19. The number of methoxy groups -OCH3 is 1. The van der Waals surface area contributed by atoms with Crippen molar-refractivity contribution in [2.45, 2.75) is 113 Å². The molecule has 3 heterocycles. The van der Waals surface area contributed by atoms with Crippen LogP contribution in [0.1, 0.15) is 20.8 Å². The maximum Gasteiger partial charge on any atom is 0.187 e. The van der Waals surface area contributed by atoms with Crippen molar-refractivity contribution in [2.75, 3.05) is 7.11 Å². The molecule has 0 unspecified atom stereocenters. The summed E-state index contributed by atoms with van der Waals surface area (Å²) in [6.07, 6.45) is -19.5. The first-order chi connectivity index (χ1) is 15.0. The molecule has 0 bridgehead atoms. The number of rotatable bonds is 5. The van der Waals surface area contributed by atoms with Crippen molar-refractivity contribution in [2.24, 2.45) is 0 Å². The summed E-state index contributed by atoms with van der Waals surface area (Å²) in [5, 5.41) is 71.3. The van der Waals surface area contributed by atoms with Crippen LogP contribution >= 0.6 is 0 Å². The second-order valence-corrected chi connectivity index (χ2v) is 8.50. The molecule has 13 heteroatoms. The van der Waals surface area contributed by atoms with Gasteiger partial charge in [0.05, 0.1) is 18.3 Å². The van der Waals surface area contributed by atoms with Crippen LogP contribution in [0.5, 0.6) is 0 Å². The molecule has 188 valence electrons. The quantitative estimate of drug-likeness (QED) is 0.206. The number of ether oxygens (including phenoxy) is 6. The molecular formula is C19H34O13. The molecule has 0 aromatic rings. The Hall–Kier alpha value is -0.520. The standard InChI is InChI=1S/C19H34O13/c1-5-8(20)11(23)13(25)17(28-5)31-15-10(22)7(3)30-19(27-4)16(15)32-18-14(26)12(24)9(21)6(2)29-18/h5-26H,1-4H3/t5-,6-,7+,8-,9-,10+,11+,12+,13+,14+,15-,16+,17-,18-,19-/m0/s1. The molecule has 32 heavy (non-hydrogen) atoms. The molecule has 3 saturated heterocycles. The van der Waals surface area contributed by atoms with Gasteiger partial charge in [-0.05, 0) is 20.8 Å². The Morgan fingerprint density at radius 3 is 1.28 bits per heavy atom. The van der Waals surface area contributed by atoms with Crippen molar-refractivity contribution < 1.29 is 64.2 Å². The third-order valence-electron chi connectivity index (χ3n) is 6.19. The molecule has 13 nitrogen and oxygen atoms in total. The average molecular weight is 470 g/mol. The van der Waals surface area contributed by atoms with Crippen LogP contribution in [0.2, 0.25) is 0 Å². The van der Waals surface area contributed by atoms with Gasteiger partial charge in [0.15, 0.2) is 18.9 Å². The molecule has 15 atom stereocenters. The molecule has 3 rings (SSSR count). The van der Waals surface area contributed by atoms with Crippen molar-refractivity contribution in [1.29, 1.82) is 0 Å². The SMILES string of the molecule is CO[C@H]1O[C@H](C)[C@@H](O)[C@H](O[C@@H]2O[C@@H](C)[C@H](O)[C@@H](O)[C@H]2O)[C@H]1O[C@@H]1O[C@@H](C)[C@H](O)[C@@H](O)[C@H]1O. The van der Waals surface area contributed by atoms with E-state index in [1.807, 2.05) is 0 Å². The van der Waals surface area contributed by atoms with Crippen LogP contribution < -0.4 is 0 Å². The normalized spacial score (nSPS) is 55.0. The van der Waals surface area contributed by atoms with Crippen molar-refractivity contribution in [3.63, 3.8) is 0 Å². The molecular weight excluding hydrogens is 436 g/mol. The second-order valence-electron chi connectivity index (χ2n) is 8.50. The van der Waals surface area contributed by atoms with Gasteiger partial charge in [-0.15, -0.1) is 0 Å². The van der Waals surface area contributed by atoms with E-state index in [0.717, 1.165) is 0 Å². The van der Waals surface area contributed by atoms with Gasteiger partial charge in [0.2, 0.25) is 0 Å². The molecule has 0 saturated carbocycles. The van der Waals surface area contributed by atoms with E-state index in [-0.39, 0.29) is 0 Å². The number of hydrogen-bond donors (Lipinski definition) is 7. The summed E-state index contributed by atoms with van der Waals surface area (Å²) in [5.41, 5.74) is 0. The van der Waals surface area contributed by atoms with E-state index in [9.17, 15) is 35.7 Å². The summed E-state index contributed by atoms with van der Waals surface area (Å²) in [6, 6.07) is 0.